The molecule has 1 aromatic rings. The van der Waals surface area contributed by atoms with Crippen LogP contribution >= 0.6 is 0 Å². The first-order chi connectivity index (χ1) is 9.84. The fourth-order valence-electron chi connectivity index (χ4n) is 2.57. The molecule has 2 N–H and O–H groups in total. The number of rotatable bonds is 3. The van der Waals surface area contributed by atoms with Crippen LogP contribution in [0.2, 0.25) is 0 Å². The topological polar surface area (TPSA) is 66.4 Å². The van der Waals surface area contributed by atoms with Gasteiger partial charge in [-0.25, -0.2) is 13.6 Å². The largest absolute Gasteiger partial charge is 0.480 e. The molecule has 1 saturated carbocycles. The molecule has 1 aliphatic rings. The zero-order chi connectivity index (χ0) is 15.6. The molecule has 21 heavy (non-hydrogen) atoms. The van der Waals surface area contributed by atoms with Gasteiger partial charge in [0.15, 0.2) is 11.6 Å². The van der Waals surface area contributed by atoms with Gasteiger partial charge < -0.3 is 10.4 Å². The van der Waals surface area contributed by atoms with Crippen LogP contribution in [0.3, 0.4) is 0 Å². The molecule has 0 aliphatic heterocycles. The summed E-state index contributed by atoms with van der Waals surface area (Å²) >= 11 is 0. The number of hydrogen-bond acceptors (Lipinski definition) is 2. The highest BCUT2D eigenvalue weighted by Crippen LogP contribution is 2.32. The van der Waals surface area contributed by atoms with Crippen molar-refractivity contribution in [3.8, 4) is 0 Å². The first kappa shape index (κ1) is 15.4. The summed E-state index contributed by atoms with van der Waals surface area (Å²) in [6, 6.07) is 2.75. The summed E-state index contributed by atoms with van der Waals surface area (Å²) in [5, 5.41) is 11.9. The lowest BCUT2D eigenvalue weighted by Crippen LogP contribution is -2.56. The van der Waals surface area contributed by atoms with E-state index in [0.717, 1.165) is 18.2 Å². The number of carbonyl (C=O) groups is 2. The molecule has 4 nitrogen and oxygen atoms in total. The third-order valence-electron chi connectivity index (χ3n) is 4.07. The van der Waals surface area contributed by atoms with Gasteiger partial charge >= 0.3 is 5.97 Å². The molecule has 0 atom stereocenters. The van der Waals surface area contributed by atoms with Gasteiger partial charge in [-0.3, -0.25) is 4.79 Å². The number of carboxylic acids is 1. The van der Waals surface area contributed by atoms with Crippen LogP contribution in [0.1, 0.15) is 43.0 Å². The fraction of sp³-hybridized carbons (Fsp3) is 0.467. The molecule has 2 rings (SSSR count). The Hall–Kier alpha value is -1.98. The lowest BCUT2D eigenvalue weighted by atomic mass is 9.77. The maximum atomic E-state index is 13.2. The second-order valence-electron chi connectivity index (χ2n) is 5.65. The van der Waals surface area contributed by atoms with Gasteiger partial charge in [-0.2, -0.15) is 0 Å². The Morgan fingerprint density at radius 3 is 2.38 bits per heavy atom. The lowest BCUT2D eigenvalue weighted by Gasteiger charge is -2.36. The molecule has 1 amide bonds. The van der Waals surface area contributed by atoms with E-state index in [1.165, 1.54) is 0 Å². The molecular formula is C15H17F2NO3. The van der Waals surface area contributed by atoms with Gasteiger partial charge in [-0.15, -0.1) is 0 Å². The maximum absolute atomic E-state index is 13.2. The molecule has 1 fully saturated rings. The van der Waals surface area contributed by atoms with Crippen molar-refractivity contribution >= 4 is 11.9 Å². The molecule has 0 aromatic heterocycles. The number of aliphatic carboxylic acids is 1. The Morgan fingerprint density at radius 2 is 1.86 bits per heavy atom. The number of benzene rings is 1. The summed E-state index contributed by atoms with van der Waals surface area (Å²) in [5.41, 5.74) is -1.41. The van der Waals surface area contributed by atoms with Crippen LogP contribution in [0.25, 0.3) is 0 Å². The number of halogens is 2. The molecule has 1 aliphatic carbocycles. The molecule has 0 spiro atoms. The van der Waals surface area contributed by atoms with Crippen LogP contribution in [-0.2, 0) is 4.79 Å². The van der Waals surface area contributed by atoms with E-state index in [4.69, 9.17) is 0 Å². The predicted molar refractivity (Wildman–Crippen MR) is 71.8 cm³/mol. The van der Waals surface area contributed by atoms with Gasteiger partial charge in [0, 0.05) is 5.56 Å². The number of nitrogens with one attached hydrogen (secondary N) is 1. The van der Waals surface area contributed by atoms with E-state index >= 15 is 0 Å². The lowest BCUT2D eigenvalue weighted by molar-refractivity contribution is -0.146. The minimum absolute atomic E-state index is 0.0897. The highest BCUT2D eigenvalue weighted by atomic mass is 19.2. The van der Waals surface area contributed by atoms with E-state index in [2.05, 4.69) is 5.32 Å². The summed E-state index contributed by atoms with van der Waals surface area (Å²) in [4.78, 5) is 23.6. The van der Waals surface area contributed by atoms with Crippen LogP contribution in [0.4, 0.5) is 8.78 Å². The molecule has 0 heterocycles. The molecule has 0 bridgehead atoms. The van der Waals surface area contributed by atoms with Crippen LogP contribution in [0, 0.1) is 17.6 Å². The fourth-order valence-corrected chi connectivity index (χ4v) is 2.57. The molecule has 1 aromatic carbocycles. The molecule has 0 unspecified atom stereocenters. The predicted octanol–water partition coefficient (Wildman–Crippen LogP) is 2.73. The van der Waals surface area contributed by atoms with E-state index in [1.807, 2.05) is 6.92 Å². The number of amides is 1. The minimum atomic E-state index is -1.32. The van der Waals surface area contributed by atoms with Crippen molar-refractivity contribution in [1.82, 2.24) is 5.32 Å². The van der Waals surface area contributed by atoms with Crippen molar-refractivity contribution in [3.05, 3.63) is 35.4 Å². The molecule has 0 radical (unpaired) electrons. The summed E-state index contributed by atoms with van der Waals surface area (Å²) in [6.45, 7) is 2.03. The molecule has 0 saturated heterocycles. The Balaban J connectivity index is 2.19. The monoisotopic (exact) mass is 297 g/mol. The minimum Gasteiger partial charge on any atom is -0.480 e. The van der Waals surface area contributed by atoms with E-state index in [9.17, 15) is 23.5 Å². The van der Waals surface area contributed by atoms with Crippen LogP contribution in [-0.4, -0.2) is 22.5 Å². The SMILES string of the molecule is CC1CCC(NC(=O)c2ccc(F)c(F)c2)(C(=O)O)CC1. The summed E-state index contributed by atoms with van der Waals surface area (Å²) in [7, 11) is 0. The van der Waals surface area contributed by atoms with Gasteiger partial charge in [-0.1, -0.05) is 6.92 Å². The molecular weight excluding hydrogens is 280 g/mol. The number of carbonyl (C=O) groups excluding carboxylic acids is 1. The quantitative estimate of drug-likeness (QED) is 0.901. The third kappa shape index (κ3) is 3.20. The standard InChI is InChI=1S/C15H17F2NO3/c1-9-4-6-15(7-5-9,14(20)21)18-13(19)10-2-3-11(16)12(17)8-10/h2-3,8-9H,4-7H2,1H3,(H,18,19)(H,20,21). The van der Waals surface area contributed by atoms with Gasteiger partial charge in [0.1, 0.15) is 5.54 Å². The van der Waals surface area contributed by atoms with Crippen LogP contribution in [0.5, 0.6) is 0 Å². The van der Waals surface area contributed by atoms with E-state index < -0.39 is 29.0 Å². The second kappa shape index (κ2) is 5.79. The van der Waals surface area contributed by atoms with Crippen molar-refractivity contribution in [2.24, 2.45) is 5.92 Å². The Kier molecular flexibility index (Phi) is 4.25. The normalized spacial score (nSPS) is 25.4. The summed E-state index contributed by atoms with van der Waals surface area (Å²) in [6.07, 6.45) is 2.06. The Bertz CT molecular complexity index is 566. The number of carboxylic acid groups (broad SMARTS) is 1. The van der Waals surface area contributed by atoms with Crippen LogP contribution < -0.4 is 5.32 Å². The first-order valence-corrected chi connectivity index (χ1v) is 6.85. The average Bonchev–Trinajstić information content (AvgIpc) is 2.44. The van der Waals surface area contributed by atoms with E-state index in [-0.39, 0.29) is 5.56 Å². The molecule has 6 heteroatoms. The maximum Gasteiger partial charge on any atom is 0.329 e. The summed E-state index contributed by atoms with van der Waals surface area (Å²) < 4.78 is 26.0. The second-order valence-corrected chi connectivity index (χ2v) is 5.65. The van der Waals surface area contributed by atoms with Gasteiger partial charge in [0.25, 0.3) is 5.91 Å². The van der Waals surface area contributed by atoms with Crippen molar-refractivity contribution < 1.29 is 23.5 Å². The Labute approximate surface area is 121 Å². The average molecular weight is 297 g/mol. The van der Waals surface area contributed by atoms with Crippen molar-refractivity contribution in [3.63, 3.8) is 0 Å². The van der Waals surface area contributed by atoms with Gasteiger partial charge in [-0.05, 0) is 49.8 Å². The van der Waals surface area contributed by atoms with Crippen molar-refractivity contribution in [2.75, 3.05) is 0 Å². The first-order valence-electron chi connectivity index (χ1n) is 6.85. The number of hydrogen-bond donors (Lipinski definition) is 2. The smallest absolute Gasteiger partial charge is 0.329 e. The van der Waals surface area contributed by atoms with Gasteiger partial charge in [0.05, 0.1) is 0 Å². The van der Waals surface area contributed by atoms with Crippen molar-refractivity contribution in [1.29, 1.82) is 0 Å². The molecule has 114 valence electrons. The highest BCUT2D eigenvalue weighted by molar-refractivity contribution is 5.97. The van der Waals surface area contributed by atoms with Gasteiger partial charge in [0.2, 0.25) is 0 Å². The van der Waals surface area contributed by atoms with E-state index in [1.54, 1.807) is 0 Å². The van der Waals surface area contributed by atoms with Crippen LogP contribution in [0.15, 0.2) is 18.2 Å². The third-order valence-corrected chi connectivity index (χ3v) is 4.07. The van der Waals surface area contributed by atoms with E-state index in [0.29, 0.717) is 31.6 Å². The summed E-state index contributed by atoms with van der Waals surface area (Å²) in [5.74, 6) is -3.57. The zero-order valence-corrected chi connectivity index (χ0v) is 11.7. The highest BCUT2D eigenvalue weighted by Gasteiger charge is 2.42. The van der Waals surface area contributed by atoms with Crippen molar-refractivity contribution in [2.45, 2.75) is 38.1 Å². The zero-order valence-electron chi connectivity index (χ0n) is 11.7. The Morgan fingerprint density at radius 1 is 1.24 bits per heavy atom.